The lowest BCUT2D eigenvalue weighted by Gasteiger charge is -2.24. The molecule has 0 saturated heterocycles. The molecule has 1 heterocycles. The predicted molar refractivity (Wildman–Crippen MR) is 94.6 cm³/mol. The second kappa shape index (κ2) is 7.47. The molecule has 5 heteroatoms. The smallest absolute Gasteiger partial charge is 0.264 e. The van der Waals surface area contributed by atoms with Crippen molar-refractivity contribution in [1.29, 1.82) is 0 Å². The highest BCUT2D eigenvalue weighted by atomic mass is 19.1. The zero-order valence-corrected chi connectivity index (χ0v) is 14.3. The van der Waals surface area contributed by atoms with Gasteiger partial charge in [0.15, 0.2) is 0 Å². The Morgan fingerprint density at radius 2 is 1.96 bits per heavy atom. The zero-order valence-electron chi connectivity index (χ0n) is 14.3. The van der Waals surface area contributed by atoms with E-state index in [0.29, 0.717) is 17.7 Å². The van der Waals surface area contributed by atoms with Gasteiger partial charge in [-0.3, -0.25) is 4.79 Å². The number of hydrogen-bond acceptors (Lipinski definition) is 3. The average molecular weight is 340 g/mol. The van der Waals surface area contributed by atoms with Gasteiger partial charge < -0.3 is 10.2 Å². The third-order valence-electron chi connectivity index (χ3n) is 4.24. The summed E-state index contributed by atoms with van der Waals surface area (Å²) in [6, 6.07) is 15.9. The molecule has 1 N–H and O–H groups in total. The number of oxime groups is 1. The molecule has 2 aromatic carbocycles. The van der Waals surface area contributed by atoms with Gasteiger partial charge in [-0.1, -0.05) is 61.5 Å². The minimum absolute atomic E-state index is 0.101. The molecule has 0 saturated carbocycles. The first-order valence-corrected chi connectivity index (χ1v) is 8.38. The maximum atomic E-state index is 13.3. The molecule has 1 amide bonds. The van der Waals surface area contributed by atoms with E-state index in [-0.39, 0.29) is 23.7 Å². The molecule has 3 rings (SSSR count). The second-order valence-corrected chi connectivity index (χ2v) is 6.49. The summed E-state index contributed by atoms with van der Waals surface area (Å²) >= 11 is 0. The predicted octanol–water partition coefficient (Wildman–Crippen LogP) is 3.83. The first-order chi connectivity index (χ1) is 12.0. The van der Waals surface area contributed by atoms with Gasteiger partial charge in [0.25, 0.3) is 5.91 Å². The molecule has 0 radical (unpaired) electrons. The van der Waals surface area contributed by atoms with E-state index in [4.69, 9.17) is 4.84 Å². The summed E-state index contributed by atoms with van der Waals surface area (Å²) in [6.45, 7) is 4.12. The molecule has 130 valence electrons. The number of benzene rings is 2. The maximum Gasteiger partial charge on any atom is 0.264 e. The molecule has 0 aliphatic carbocycles. The molecule has 0 fully saturated rings. The van der Waals surface area contributed by atoms with E-state index >= 15 is 0 Å². The topological polar surface area (TPSA) is 50.7 Å². The Labute approximate surface area is 146 Å². The summed E-state index contributed by atoms with van der Waals surface area (Å²) in [6.07, 6.45) is -0.363. The highest BCUT2D eigenvalue weighted by molar-refractivity contribution is 6.04. The minimum atomic E-state index is -0.691. The molecule has 25 heavy (non-hydrogen) atoms. The lowest BCUT2D eigenvalue weighted by molar-refractivity contribution is -0.132. The Morgan fingerprint density at radius 3 is 2.64 bits per heavy atom. The number of hydrogen-bond donors (Lipinski definition) is 1. The van der Waals surface area contributed by atoms with Crippen molar-refractivity contribution in [3.8, 4) is 0 Å². The van der Waals surface area contributed by atoms with Gasteiger partial charge in [-0.2, -0.15) is 0 Å². The number of nitrogens with zero attached hydrogens (tertiary/aromatic N) is 1. The molecule has 2 aromatic rings. The van der Waals surface area contributed by atoms with Crippen LogP contribution in [0.3, 0.4) is 0 Å². The van der Waals surface area contributed by atoms with Gasteiger partial charge >= 0.3 is 0 Å². The molecule has 0 bridgehead atoms. The van der Waals surface area contributed by atoms with Crippen LogP contribution in [0.25, 0.3) is 0 Å². The highest BCUT2D eigenvalue weighted by Crippen LogP contribution is 2.23. The average Bonchev–Trinajstić information content (AvgIpc) is 3.10. The molecule has 2 atom stereocenters. The zero-order chi connectivity index (χ0) is 17.8. The van der Waals surface area contributed by atoms with Crippen LogP contribution in [0, 0.1) is 11.7 Å². The van der Waals surface area contributed by atoms with E-state index in [1.807, 2.05) is 30.3 Å². The van der Waals surface area contributed by atoms with E-state index in [0.717, 1.165) is 5.56 Å². The number of amides is 1. The molecule has 0 unspecified atom stereocenters. The van der Waals surface area contributed by atoms with Crippen LogP contribution >= 0.6 is 0 Å². The van der Waals surface area contributed by atoms with E-state index < -0.39 is 6.10 Å². The summed E-state index contributed by atoms with van der Waals surface area (Å²) in [7, 11) is 0. The second-order valence-electron chi connectivity index (χ2n) is 6.49. The van der Waals surface area contributed by atoms with Gasteiger partial charge in [0, 0.05) is 12.0 Å². The van der Waals surface area contributed by atoms with E-state index in [9.17, 15) is 9.18 Å². The minimum Gasteiger partial charge on any atom is -0.382 e. The van der Waals surface area contributed by atoms with Gasteiger partial charge in [-0.25, -0.2) is 4.39 Å². The van der Waals surface area contributed by atoms with E-state index in [1.165, 1.54) is 12.1 Å². The van der Waals surface area contributed by atoms with Gasteiger partial charge in [0.05, 0.1) is 11.8 Å². The molecule has 0 spiro atoms. The molecule has 1 aliphatic heterocycles. The number of carbonyl (C=O) groups is 1. The maximum absolute atomic E-state index is 13.3. The third kappa shape index (κ3) is 4.05. The molecular weight excluding hydrogens is 319 g/mol. The Morgan fingerprint density at radius 1 is 1.20 bits per heavy atom. The fraction of sp³-hybridized carbons (Fsp3) is 0.300. The van der Waals surface area contributed by atoms with Crippen molar-refractivity contribution in [2.45, 2.75) is 32.4 Å². The summed E-state index contributed by atoms with van der Waals surface area (Å²) in [4.78, 5) is 17.9. The van der Waals surface area contributed by atoms with Crippen LogP contribution in [-0.2, 0) is 9.63 Å². The molecule has 4 nitrogen and oxygen atoms in total. The lowest BCUT2D eigenvalue weighted by Crippen LogP contribution is -2.39. The van der Waals surface area contributed by atoms with Crippen molar-refractivity contribution in [3.05, 3.63) is 71.5 Å². The Hall–Kier alpha value is -2.69. The Kier molecular flexibility index (Phi) is 5.12. The van der Waals surface area contributed by atoms with Crippen LogP contribution in [0.5, 0.6) is 0 Å². The van der Waals surface area contributed by atoms with Crippen LogP contribution < -0.4 is 5.32 Å². The molecule has 1 aliphatic rings. The number of carbonyl (C=O) groups excluding carboxylic acids is 1. The largest absolute Gasteiger partial charge is 0.382 e. The fourth-order valence-electron chi connectivity index (χ4n) is 2.90. The van der Waals surface area contributed by atoms with E-state index in [2.05, 4.69) is 24.3 Å². The van der Waals surface area contributed by atoms with E-state index in [1.54, 1.807) is 12.1 Å². The standard InChI is InChI=1S/C20H21FN2O2/c1-13(2)19(14-7-4-3-5-8-14)22-20(24)18-12-17(23-25-18)15-9-6-10-16(21)11-15/h3-11,13,18-19H,12H2,1-2H3,(H,22,24)/t18-,19-/m0/s1. The molecule has 0 aromatic heterocycles. The van der Waals surface area contributed by atoms with Crippen molar-refractivity contribution >= 4 is 11.6 Å². The van der Waals surface area contributed by atoms with Crippen LogP contribution in [0.15, 0.2) is 59.8 Å². The van der Waals surface area contributed by atoms with Crippen LogP contribution in [0.1, 0.15) is 37.4 Å². The first-order valence-electron chi connectivity index (χ1n) is 8.38. The van der Waals surface area contributed by atoms with Crippen LogP contribution in [-0.4, -0.2) is 17.7 Å². The van der Waals surface area contributed by atoms with Crippen LogP contribution in [0.2, 0.25) is 0 Å². The van der Waals surface area contributed by atoms with Crippen molar-refractivity contribution in [3.63, 3.8) is 0 Å². The number of rotatable bonds is 5. The molecular formula is C20H21FN2O2. The van der Waals surface area contributed by atoms with Gasteiger partial charge in [-0.05, 0) is 23.6 Å². The van der Waals surface area contributed by atoms with Crippen molar-refractivity contribution in [2.75, 3.05) is 0 Å². The Bertz CT molecular complexity index is 774. The number of nitrogens with one attached hydrogen (secondary N) is 1. The SMILES string of the molecule is CC(C)[C@H](NC(=O)[C@@H]1CC(c2cccc(F)c2)=NO1)c1ccccc1. The normalized spacial score (nSPS) is 17.8. The van der Waals surface area contributed by atoms with Crippen molar-refractivity contribution in [2.24, 2.45) is 11.1 Å². The third-order valence-corrected chi connectivity index (χ3v) is 4.24. The highest BCUT2D eigenvalue weighted by Gasteiger charge is 2.31. The quantitative estimate of drug-likeness (QED) is 0.899. The van der Waals surface area contributed by atoms with Crippen molar-refractivity contribution in [1.82, 2.24) is 5.32 Å². The van der Waals surface area contributed by atoms with Crippen LogP contribution in [0.4, 0.5) is 4.39 Å². The Balaban J connectivity index is 1.66. The summed E-state index contributed by atoms with van der Waals surface area (Å²) in [5.41, 5.74) is 2.27. The monoisotopic (exact) mass is 340 g/mol. The first kappa shape index (κ1) is 17.1. The summed E-state index contributed by atoms with van der Waals surface area (Å²) in [5, 5.41) is 7.01. The number of halogens is 1. The van der Waals surface area contributed by atoms with Gasteiger partial charge in [-0.15, -0.1) is 0 Å². The summed E-state index contributed by atoms with van der Waals surface area (Å²) in [5.74, 6) is -0.314. The van der Waals surface area contributed by atoms with Gasteiger partial charge in [0.1, 0.15) is 5.82 Å². The van der Waals surface area contributed by atoms with Crippen molar-refractivity contribution < 1.29 is 14.0 Å². The lowest BCUT2D eigenvalue weighted by atomic mass is 9.95. The fourth-order valence-corrected chi connectivity index (χ4v) is 2.90. The van der Waals surface area contributed by atoms with Gasteiger partial charge in [0.2, 0.25) is 6.10 Å². The summed E-state index contributed by atoms with van der Waals surface area (Å²) < 4.78 is 13.3.